The largest absolute Gasteiger partial charge is 0.502 e. The molecule has 2 rings (SSSR count). The van der Waals surface area contributed by atoms with Crippen LogP contribution in [0.15, 0.2) is 41.5 Å². The number of carbonyl (C=O) groups is 1. The molecule has 0 aliphatic rings. The zero-order valence-corrected chi connectivity index (χ0v) is 13.7. The Hall–Kier alpha value is -3.29. The van der Waals surface area contributed by atoms with Crippen LogP contribution in [0.4, 0.5) is 4.39 Å². The number of phenolic OH excluding ortho intramolecular Hbond substituents is 1. The van der Waals surface area contributed by atoms with Gasteiger partial charge < -0.3 is 19.3 Å². The summed E-state index contributed by atoms with van der Waals surface area (Å²) in [5, 5.41) is 13.6. The number of halogens is 1. The summed E-state index contributed by atoms with van der Waals surface area (Å²) < 4.78 is 28.0. The summed E-state index contributed by atoms with van der Waals surface area (Å²) >= 11 is 0. The van der Waals surface area contributed by atoms with Crippen LogP contribution in [-0.4, -0.2) is 38.1 Å². The lowest BCUT2D eigenvalue weighted by atomic mass is 10.2. The first kappa shape index (κ1) is 18.1. The Morgan fingerprint density at radius 1 is 1.20 bits per heavy atom. The number of nitrogens with one attached hydrogen (secondary N) is 1. The highest BCUT2D eigenvalue weighted by Crippen LogP contribution is 2.36. The van der Waals surface area contributed by atoms with Gasteiger partial charge in [-0.2, -0.15) is 5.10 Å². The van der Waals surface area contributed by atoms with Gasteiger partial charge in [0.05, 0.1) is 20.4 Å². The maximum absolute atomic E-state index is 12.8. The van der Waals surface area contributed by atoms with Crippen molar-refractivity contribution in [3.05, 3.63) is 47.8 Å². The average Bonchev–Trinajstić information content (AvgIpc) is 2.62. The number of rotatable bonds is 7. The number of hydrazone groups is 1. The molecule has 0 aromatic heterocycles. The van der Waals surface area contributed by atoms with Gasteiger partial charge in [-0.1, -0.05) is 0 Å². The fourth-order valence-electron chi connectivity index (χ4n) is 1.88. The fraction of sp³-hybridized carbons (Fsp3) is 0.176. The van der Waals surface area contributed by atoms with Gasteiger partial charge in [-0.25, -0.2) is 9.82 Å². The van der Waals surface area contributed by atoms with Crippen LogP contribution < -0.4 is 19.6 Å². The molecule has 2 aromatic rings. The van der Waals surface area contributed by atoms with Gasteiger partial charge in [-0.3, -0.25) is 4.79 Å². The summed E-state index contributed by atoms with van der Waals surface area (Å²) in [6.45, 7) is -0.273. The normalized spacial score (nSPS) is 10.5. The molecule has 0 radical (unpaired) electrons. The summed E-state index contributed by atoms with van der Waals surface area (Å²) in [6.07, 6.45) is 1.36. The molecule has 0 unspecified atom stereocenters. The first-order valence-corrected chi connectivity index (χ1v) is 7.18. The second-order valence-electron chi connectivity index (χ2n) is 4.81. The molecule has 0 fully saturated rings. The second-order valence-corrected chi connectivity index (χ2v) is 4.81. The summed E-state index contributed by atoms with van der Waals surface area (Å²) in [7, 11) is 2.81. The Morgan fingerprint density at radius 2 is 1.80 bits per heavy atom. The third-order valence-corrected chi connectivity index (χ3v) is 3.09. The minimum Gasteiger partial charge on any atom is -0.502 e. The van der Waals surface area contributed by atoms with Gasteiger partial charge in [0.1, 0.15) is 11.6 Å². The van der Waals surface area contributed by atoms with Crippen LogP contribution in [0.1, 0.15) is 5.56 Å². The first-order chi connectivity index (χ1) is 12.0. The molecule has 0 spiro atoms. The molecule has 8 heteroatoms. The Bertz CT molecular complexity index is 737. The van der Waals surface area contributed by atoms with Crippen LogP contribution in [0.3, 0.4) is 0 Å². The maximum Gasteiger partial charge on any atom is 0.277 e. The van der Waals surface area contributed by atoms with Crippen molar-refractivity contribution in [2.75, 3.05) is 20.8 Å². The third kappa shape index (κ3) is 5.10. The van der Waals surface area contributed by atoms with E-state index < -0.39 is 5.91 Å². The lowest BCUT2D eigenvalue weighted by Crippen LogP contribution is -2.24. The summed E-state index contributed by atoms with van der Waals surface area (Å²) in [5.74, 6) is -0.203. The lowest BCUT2D eigenvalue weighted by molar-refractivity contribution is -0.123. The van der Waals surface area contributed by atoms with Crippen molar-refractivity contribution >= 4 is 12.1 Å². The second kappa shape index (κ2) is 8.53. The molecule has 0 atom stereocenters. The van der Waals surface area contributed by atoms with E-state index in [1.54, 1.807) is 0 Å². The van der Waals surface area contributed by atoms with Crippen molar-refractivity contribution in [3.8, 4) is 23.0 Å². The number of hydrogen-bond donors (Lipinski definition) is 2. The number of benzene rings is 2. The highest BCUT2D eigenvalue weighted by molar-refractivity contribution is 5.84. The van der Waals surface area contributed by atoms with E-state index in [0.717, 1.165) is 0 Å². The van der Waals surface area contributed by atoms with Gasteiger partial charge in [0, 0.05) is 5.56 Å². The van der Waals surface area contributed by atoms with E-state index in [4.69, 9.17) is 14.2 Å². The standard InChI is InChI=1S/C17H17FN2O5/c1-23-14-7-11(8-15(24-2)17(14)22)9-19-20-16(21)10-25-13-5-3-12(18)4-6-13/h3-9,22H,10H2,1-2H3,(H,20,21). The predicted molar refractivity (Wildman–Crippen MR) is 88.8 cm³/mol. The number of hydrogen-bond acceptors (Lipinski definition) is 6. The van der Waals surface area contributed by atoms with Crippen LogP contribution in [0.2, 0.25) is 0 Å². The van der Waals surface area contributed by atoms with E-state index in [2.05, 4.69) is 10.5 Å². The number of ether oxygens (including phenoxy) is 3. The number of phenols is 1. The van der Waals surface area contributed by atoms with Crippen molar-refractivity contribution in [1.82, 2.24) is 5.43 Å². The van der Waals surface area contributed by atoms with Crippen LogP contribution in [-0.2, 0) is 4.79 Å². The zero-order valence-electron chi connectivity index (χ0n) is 13.7. The third-order valence-electron chi connectivity index (χ3n) is 3.09. The molecule has 25 heavy (non-hydrogen) atoms. The molecule has 0 heterocycles. The monoisotopic (exact) mass is 348 g/mol. The van der Waals surface area contributed by atoms with E-state index >= 15 is 0 Å². The number of methoxy groups -OCH3 is 2. The molecule has 7 nitrogen and oxygen atoms in total. The van der Waals surface area contributed by atoms with Crippen molar-refractivity contribution in [2.24, 2.45) is 5.10 Å². The smallest absolute Gasteiger partial charge is 0.277 e. The van der Waals surface area contributed by atoms with E-state index in [1.807, 2.05) is 0 Å². The Kier molecular flexibility index (Phi) is 6.16. The Labute approximate surface area is 143 Å². The number of aromatic hydroxyl groups is 1. The Balaban J connectivity index is 1.91. The number of amides is 1. The fourth-order valence-corrected chi connectivity index (χ4v) is 1.88. The molecule has 2 aromatic carbocycles. The van der Waals surface area contributed by atoms with Crippen LogP contribution >= 0.6 is 0 Å². The number of nitrogens with zero attached hydrogens (tertiary/aromatic N) is 1. The SMILES string of the molecule is COc1cc(C=NNC(=O)COc2ccc(F)cc2)cc(OC)c1O. The number of carbonyl (C=O) groups excluding carboxylic acids is 1. The van der Waals surface area contributed by atoms with Crippen molar-refractivity contribution in [2.45, 2.75) is 0 Å². The highest BCUT2D eigenvalue weighted by atomic mass is 19.1. The highest BCUT2D eigenvalue weighted by Gasteiger charge is 2.10. The summed E-state index contributed by atoms with van der Waals surface area (Å²) in [6, 6.07) is 8.36. The lowest BCUT2D eigenvalue weighted by Gasteiger charge is -2.09. The van der Waals surface area contributed by atoms with E-state index in [-0.39, 0.29) is 29.7 Å². The van der Waals surface area contributed by atoms with E-state index in [9.17, 15) is 14.3 Å². The van der Waals surface area contributed by atoms with E-state index in [1.165, 1.54) is 56.8 Å². The molecule has 0 bridgehead atoms. The van der Waals surface area contributed by atoms with Crippen molar-refractivity contribution < 1.29 is 28.5 Å². The molecule has 0 saturated carbocycles. The molecule has 0 saturated heterocycles. The Morgan fingerprint density at radius 3 is 2.36 bits per heavy atom. The predicted octanol–water partition coefficient (Wildman–Crippen LogP) is 2.08. The van der Waals surface area contributed by atoms with Crippen LogP contribution in [0.5, 0.6) is 23.0 Å². The molecule has 1 amide bonds. The van der Waals surface area contributed by atoms with Crippen LogP contribution in [0.25, 0.3) is 0 Å². The summed E-state index contributed by atoms with van der Waals surface area (Å²) in [5.41, 5.74) is 2.84. The van der Waals surface area contributed by atoms with Gasteiger partial charge >= 0.3 is 0 Å². The molecular weight excluding hydrogens is 331 g/mol. The van der Waals surface area contributed by atoms with Crippen LogP contribution in [0, 0.1) is 5.82 Å². The minimum absolute atomic E-state index is 0.126. The van der Waals surface area contributed by atoms with Gasteiger partial charge in [-0.05, 0) is 36.4 Å². The van der Waals surface area contributed by atoms with Gasteiger partial charge in [0.2, 0.25) is 5.75 Å². The molecule has 2 N–H and O–H groups in total. The van der Waals surface area contributed by atoms with Gasteiger partial charge in [0.25, 0.3) is 5.91 Å². The van der Waals surface area contributed by atoms with Gasteiger partial charge in [0.15, 0.2) is 18.1 Å². The molecule has 132 valence electrons. The summed E-state index contributed by atoms with van der Waals surface area (Å²) in [4.78, 5) is 11.7. The minimum atomic E-state index is -0.488. The first-order valence-electron chi connectivity index (χ1n) is 7.18. The van der Waals surface area contributed by atoms with E-state index in [0.29, 0.717) is 11.3 Å². The van der Waals surface area contributed by atoms with Crippen molar-refractivity contribution in [1.29, 1.82) is 0 Å². The molecule has 0 aliphatic carbocycles. The quantitative estimate of drug-likeness (QED) is 0.591. The average molecular weight is 348 g/mol. The van der Waals surface area contributed by atoms with Crippen molar-refractivity contribution in [3.63, 3.8) is 0 Å². The topological polar surface area (TPSA) is 89.4 Å². The zero-order chi connectivity index (χ0) is 18.2. The van der Waals surface area contributed by atoms with Gasteiger partial charge in [-0.15, -0.1) is 0 Å². The molecule has 0 aliphatic heterocycles. The molecular formula is C17H17FN2O5. The maximum atomic E-state index is 12.8.